The van der Waals surface area contributed by atoms with Crippen LogP contribution < -0.4 is 0 Å². The maximum absolute atomic E-state index is 13.4. The van der Waals surface area contributed by atoms with Crippen molar-refractivity contribution >= 4 is 25.6 Å². The lowest BCUT2D eigenvalue weighted by Crippen LogP contribution is -2.29. The van der Waals surface area contributed by atoms with E-state index >= 15 is 0 Å². The zero-order valence-corrected chi connectivity index (χ0v) is 11.9. The molecule has 8 heteroatoms. The third-order valence-electron chi connectivity index (χ3n) is 3.24. The number of rotatable bonds is 4. The number of nitrogens with zero attached hydrogens (tertiary/aromatic N) is 1. The van der Waals surface area contributed by atoms with Gasteiger partial charge in [-0.25, -0.2) is 17.2 Å². The fourth-order valence-corrected chi connectivity index (χ4v) is 3.18. The lowest BCUT2D eigenvalue weighted by Gasteiger charge is -2.16. The molecular weight excluding hydrogens is 312 g/mol. The lowest BCUT2D eigenvalue weighted by molar-refractivity contribution is -0.127. The van der Waals surface area contributed by atoms with Crippen LogP contribution in [0.3, 0.4) is 0 Å². The molecule has 1 aliphatic heterocycles. The molecular formula is C12H12ClF2NO3S. The fourth-order valence-electron chi connectivity index (χ4n) is 2.12. The topological polar surface area (TPSA) is 54.5 Å². The summed E-state index contributed by atoms with van der Waals surface area (Å²) in [5, 5.41) is -0.922. The molecule has 2 rings (SSSR count). The minimum atomic E-state index is -3.78. The summed E-state index contributed by atoms with van der Waals surface area (Å²) in [5.74, 6) is -1.68. The minimum absolute atomic E-state index is 0.00742. The molecule has 1 heterocycles. The Morgan fingerprint density at radius 1 is 1.35 bits per heavy atom. The quantitative estimate of drug-likeness (QED) is 0.792. The van der Waals surface area contributed by atoms with E-state index in [1.807, 2.05) is 0 Å². The summed E-state index contributed by atoms with van der Waals surface area (Å²) < 4.78 is 48.5. The highest BCUT2D eigenvalue weighted by molar-refractivity contribution is 8.14. The zero-order chi connectivity index (χ0) is 14.9. The normalized spacial score (nSPS) is 19.6. The molecule has 0 N–H and O–H groups in total. The number of benzene rings is 1. The zero-order valence-electron chi connectivity index (χ0n) is 10.4. The fraction of sp³-hybridized carbons (Fsp3) is 0.417. The van der Waals surface area contributed by atoms with Crippen molar-refractivity contribution in [3.63, 3.8) is 0 Å². The van der Waals surface area contributed by atoms with Crippen molar-refractivity contribution in [3.05, 3.63) is 35.4 Å². The van der Waals surface area contributed by atoms with Gasteiger partial charge < -0.3 is 4.90 Å². The number of amides is 1. The van der Waals surface area contributed by atoms with E-state index in [1.54, 1.807) is 0 Å². The molecule has 1 aliphatic rings. The Kier molecular flexibility index (Phi) is 4.29. The standard InChI is InChI=1S/C12H12ClF2NO3S/c13-20(18,19)10-6-12(17)16(7-10)4-3-8-1-2-9(14)5-11(8)15/h1-2,5,10H,3-4,6-7H2. The van der Waals surface area contributed by atoms with Gasteiger partial charge in [0.05, 0.1) is 0 Å². The molecule has 0 saturated carbocycles. The largest absolute Gasteiger partial charge is 0.341 e. The number of halogens is 3. The van der Waals surface area contributed by atoms with Crippen LogP contribution in [0.15, 0.2) is 18.2 Å². The van der Waals surface area contributed by atoms with E-state index in [2.05, 4.69) is 0 Å². The molecule has 1 fully saturated rings. The van der Waals surface area contributed by atoms with Gasteiger partial charge in [-0.05, 0) is 18.1 Å². The van der Waals surface area contributed by atoms with E-state index in [-0.39, 0.29) is 37.4 Å². The Morgan fingerprint density at radius 2 is 2.05 bits per heavy atom. The second kappa shape index (κ2) is 5.65. The van der Waals surface area contributed by atoms with Crippen LogP contribution in [-0.4, -0.2) is 37.6 Å². The maximum Gasteiger partial charge on any atom is 0.237 e. The predicted octanol–water partition coefficient (Wildman–Crippen LogP) is 1.68. The third-order valence-corrected chi connectivity index (χ3v) is 5.11. The van der Waals surface area contributed by atoms with E-state index in [0.29, 0.717) is 0 Å². The molecule has 1 aromatic rings. The summed E-state index contributed by atoms with van der Waals surface area (Å²) in [7, 11) is 1.44. The van der Waals surface area contributed by atoms with Crippen molar-refractivity contribution in [1.82, 2.24) is 4.90 Å². The van der Waals surface area contributed by atoms with Gasteiger partial charge in [-0.15, -0.1) is 0 Å². The first-order valence-electron chi connectivity index (χ1n) is 5.92. The molecule has 20 heavy (non-hydrogen) atoms. The summed E-state index contributed by atoms with van der Waals surface area (Å²) in [6, 6.07) is 3.21. The molecule has 1 atom stereocenters. The number of carbonyl (C=O) groups excluding carboxylic acids is 1. The summed E-state index contributed by atoms with van der Waals surface area (Å²) in [6.07, 6.45) is 0.0324. The van der Waals surface area contributed by atoms with Crippen molar-refractivity contribution in [2.45, 2.75) is 18.1 Å². The van der Waals surface area contributed by atoms with Gasteiger partial charge in [-0.2, -0.15) is 0 Å². The molecule has 1 unspecified atom stereocenters. The van der Waals surface area contributed by atoms with Gasteiger partial charge in [-0.3, -0.25) is 4.79 Å². The van der Waals surface area contributed by atoms with Crippen molar-refractivity contribution in [2.24, 2.45) is 0 Å². The van der Waals surface area contributed by atoms with Crippen LogP contribution in [0.25, 0.3) is 0 Å². The van der Waals surface area contributed by atoms with E-state index in [9.17, 15) is 22.0 Å². The molecule has 110 valence electrons. The first-order chi connectivity index (χ1) is 9.27. The molecule has 1 aromatic carbocycles. The summed E-state index contributed by atoms with van der Waals surface area (Å²) in [6.45, 7) is 0.178. The van der Waals surface area contributed by atoms with Gasteiger partial charge in [-0.1, -0.05) is 6.07 Å². The molecule has 0 spiro atoms. The Morgan fingerprint density at radius 3 is 2.60 bits per heavy atom. The first-order valence-corrected chi connectivity index (χ1v) is 8.30. The molecule has 4 nitrogen and oxygen atoms in total. The summed E-state index contributed by atoms with van der Waals surface area (Å²) >= 11 is 0. The van der Waals surface area contributed by atoms with Gasteiger partial charge in [0.25, 0.3) is 0 Å². The minimum Gasteiger partial charge on any atom is -0.341 e. The Bertz CT molecular complexity index is 636. The van der Waals surface area contributed by atoms with Gasteiger partial charge in [0.2, 0.25) is 15.0 Å². The smallest absolute Gasteiger partial charge is 0.237 e. The highest BCUT2D eigenvalue weighted by atomic mass is 35.7. The van der Waals surface area contributed by atoms with Crippen molar-refractivity contribution in [1.29, 1.82) is 0 Å². The molecule has 0 bridgehead atoms. The Balaban J connectivity index is 1.99. The second-order valence-corrected chi connectivity index (χ2v) is 7.54. The van der Waals surface area contributed by atoms with Crippen LogP contribution in [0.2, 0.25) is 0 Å². The van der Waals surface area contributed by atoms with Crippen LogP contribution in [-0.2, 0) is 20.3 Å². The van der Waals surface area contributed by atoms with E-state index < -0.39 is 25.9 Å². The Hall–Kier alpha value is -1.21. The highest BCUT2D eigenvalue weighted by Crippen LogP contribution is 2.21. The van der Waals surface area contributed by atoms with E-state index in [0.717, 1.165) is 12.1 Å². The SMILES string of the molecule is O=C1CC(S(=O)(=O)Cl)CN1CCc1ccc(F)cc1F. The molecule has 0 aromatic heterocycles. The third kappa shape index (κ3) is 3.46. The molecule has 1 amide bonds. The Labute approximate surface area is 119 Å². The summed E-state index contributed by atoms with van der Waals surface area (Å²) in [4.78, 5) is 13.0. The van der Waals surface area contributed by atoms with Crippen LogP contribution >= 0.6 is 10.7 Å². The average Bonchev–Trinajstić information content (AvgIpc) is 2.69. The molecule has 1 saturated heterocycles. The maximum atomic E-state index is 13.4. The van der Waals surface area contributed by atoms with Crippen LogP contribution in [0.5, 0.6) is 0 Å². The van der Waals surface area contributed by atoms with Gasteiger partial charge >= 0.3 is 0 Å². The average molecular weight is 324 g/mol. The molecule has 0 aliphatic carbocycles. The monoisotopic (exact) mass is 323 g/mol. The van der Waals surface area contributed by atoms with Crippen molar-refractivity contribution in [2.75, 3.05) is 13.1 Å². The predicted molar refractivity (Wildman–Crippen MR) is 69.8 cm³/mol. The van der Waals surface area contributed by atoms with Gasteiger partial charge in [0, 0.05) is 36.3 Å². The first kappa shape index (κ1) is 15.2. The molecule has 0 radical (unpaired) electrons. The van der Waals surface area contributed by atoms with Crippen molar-refractivity contribution < 1.29 is 22.0 Å². The van der Waals surface area contributed by atoms with Crippen LogP contribution in [0.1, 0.15) is 12.0 Å². The van der Waals surface area contributed by atoms with Crippen molar-refractivity contribution in [3.8, 4) is 0 Å². The lowest BCUT2D eigenvalue weighted by atomic mass is 10.1. The number of hydrogen-bond donors (Lipinski definition) is 0. The van der Waals surface area contributed by atoms with Crippen LogP contribution in [0, 0.1) is 11.6 Å². The number of hydrogen-bond acceptors (Lipinski definition) is 3. The van der Waals surface area contributed by atoms with Gasteiger partial charge in [0.1, 0.15) is 16.9 Å². The highest BCUT2D eigenvalue weighted by Gasteiger charge is 2.36. The van der Waals surface area contributed by atoms with Crippen LogP contribution in [0.4, 0.5) is 8.78 Å². The number of carbonyl (C=O) groups is 1. The summed E-state index contributed by atoms with van der Waals surface area (Å²) in [5.41, 5.74) is 0.274. The van der Waals surface area contributed by atoms with E-state index in [4.69, 9.17) is 10.7 Å². The number of likely N-dealkylation sites (tertiary alicyclic amines) is 1. The van der Waals surface area contributed by atoms with E-state index in [1.165, 1.54) is 11.0 Å². The van der Waals surface area contributed by atoms with Gasteiger partial charge in [0.15, 0.2) is 0 Å². The second-order valence-electron chi connectivity index (χ2n) is 4.63.